The molecule has 2 atom stereocenters. The second-order valence-corrected chi connectivity index (χ2v) is 8.38. The lowest BCUT2D eigenvalue weighted by atomic mass is 10.0. The maximum atomic E-state index is 12.4. The molecular weight excluding hydrogens is 318 g/mol. The van der Waals surface area contributed by atoms with Crippen LogP contribution in [0.25, 0.3) is 0 Å². The number of hydrogen-bond donors (Lipinski definition) is 1. The monoisotopic (exact) mass is 355 g/mol. The van der Waals surface area contributed by atoms with Crippen molar-refractivity contribution < 1.29 is 9.32 Å². The lowest BCUT2D eigenvalue weighted by Crippen LogP contribution is -2.39. The van der Waals surface area contributed by atoms with Crippen molar-refractivity contribution in [3.05, 3.63) is 29.8 Å². The summed E-state index contributed by atoms with van der Waals surface area (Å²) < 4.78 is 14.2. The average molecular weight is 356 g/mol. The molecule has 2 rings (SSSR count). The van der Waals surface area contributed by atoms with Gasteiger partial charge in [0.2, 0.25) is 0 Å². The van der Waals surface area contributed by atoms with Crippen molar-refractivity contribution in [2.24, 2.45) is 5.92 Å². The lowest BCUT2D eigenvalue weighted by Gasteiger charge is -2.28. The van der Waals surface area contributed by atoms with E-state index in [0.717, 1.165) is 30.2 Å². The average Bonchev–Trinajstić information content (AvgIpc) is 2.55. The second-order valence-electron chi connectivity index (χ2n) is 6.89. The van der Waals surface area contributed by atoms with E-state index in [1.54, 1.807) is 0 Å². The van der Waals surface area contributed by atoms with Crippen LogP contribution >= 0.6 is 0 Å². The Morgan fingerprint density at radius 2 is 1.58 bits per heavy atom. The molecule has 0 amide bonds. The van der Waals surface area contributed by atoms with E-state index in [0.29, 0.717) is 12.5 Å². The van der Waals surface area contributed by atoms with Gasteiger partial charge in [0.15, 0.2) is 0 Å². The maximum Gasteiger partial charge on any atom is 0.127 e. The fourth-order valence-electron chi connectivity index (χ4n) is 2.19. The fourth-order valence-corrected chi connectivity index (χ4v) is 3.46. The lowest BCUT2D eigenvalue weighted by molar-refractivity contribution is 0.110. The predicted molar refractivity (Wildman–Crippen MR) is 106 cm³/mol. The van der Waals surface area contributed by atoms with Crippen molar-refractivity contribution in [1.29, 1.82) is 0 Å². The van der Waals surface area contributed by atoms with Crippen molar-refractivity contribution in [1.82, 2.24) is 4.31 Å². The summed E-state index contributed by atoms with van der Waals surface area (Å²) in [7, 11) is -1.14. The molecule has 1 saturated heterocycles. The van der Waals surface area contributed by atoms with Gasteiger partial charge < -0.3 is 5.11 Å². The quantitative estimate of drug-likeness (QED) is 0.831. The van der Waals surface area contributed by atoms with Crippen LogP contribution in [0.2, 0.25) is 0 Å². The van der Waals surface area contributed by atoms with E-state index in [2.05, 4.69) is 34.6 Å². The summed E-state index contributed by atoms with van der Waals surface area (Å²) in [4.78, 5) is 0.827. The minimum atomic E-state index is -1.14. The molecule has 1 aliphatic heterocycles. The van der Waals surface area contributed by atoms with Gasteiger partial charge >= 0.3 is 0 Å². The van der Waals surface area contributed by atoms with E-state index in [4.69, 9.17) is 0 Å². The first-order valence-electron chi connectivity index (χ1n) is 9.26. The van der Waals surface area contributed by atoms with Gasteiger partial charge in [0.1, 0.15) is 11.0 Å². The van der Waals surface area contributed by atoms with Gasteiger partial charge in [0.25, 0.3) is 0 Å². The summed E-state index contributed by atoms with van der Waals surface area (Å²) >= 11 is 0. The van der Waals surface area contributed by atoms with Crippen molar-refractivity contribution in [2.45, 2.75) is 78.2 Å². The van der Waals surface area contributed by atoms with Crippen LogP contribution in [0.4, 0.5) is 0 Å². The summed E-state index contributed by atoms with van der Waals surface area (Å²) in [6.07, 6.45) is 1.40. The third kappa shape index (κ3) is 8.95. The number of β-amino-alcohol motifs (C(OH)–C–C–N with tert-alkyl or cyclic N) is 1. The van der Waals surface area contributed by atoms with Crippen molar-refractivity contribution in [2.75, 3.05) is 13.1 Å². The second kappa shape index (κ2) is 12.6. The van der Waals surface area contributed by atoms with Crippen LogP contribution in [0.15, 0.2) is 29.2 Å². The van der Waals surface area contributed by atoms with Gasteiger partial charge in [-0.1, -0.05) is 60.6 Å². The van der Waals surface area contributed by atoms with E-state index in [9.17, 15) is 9.32 Å². The normalized spacial score (nSPS) is 19.2. The highest BCUT2D eigenvalue weighted by atomic mass is 32.2. The number of hydrogen-bond acceptors (Lipinski definition) is 2. The van der Waals surface area contributed by atoms with Gasteiger partial charge in [-0.2, -0.15) is 0 Å². The van der Waals surface area contributed by atoms with E-state index < -0.39 is 11.0 Å². The molecule has 0 aromatic heterocycles. The Bertz CT molecular complexity index is 454. The zero-order valence-electron chi connectivity index (χ0n) is 16.6. The van der Waals surface area contributed by atoms with Crippen LogP contribution in [-0.4, -0.2) is 32.8 Å². The molecule has 2 unspecified atom stereocenters. The predicted octanol–water partition coefficient (Wildman–Crippen LogP) is 4.98. The summed E-state index contributed by atoms with van der Waals surface area (Å²) in [5.74, 6) is 1.32. The summed E-state index contributed by atoms with van der Waals surface area (Å²) in [5, 5.41) is 9.62. The highest BCUT2D eigenvalue weighted by Crippen LogP contribution is 2.20. The molecule has 1 aliphatic rings. The zero-order chi connectivity index (χ0) is 18.7. The molecule has 0 spiro atoms. The number of aliphatic hydroxyl groups is 1. The molecule has 1 aromatic carbocycles. The topological polar surface area (TPSA) is 40.5 Å². The summed E-state index contributed by atoms with van der Waals surface area (Å²) in [6.45, 7) is 16.1. The molecule has 0 bridgehead atoms. The number of piperidine rings is 1. The Labute approximate surface area is 152 Å². The minimum absolute atomic E-state index is 0.336. The third-order valence-corrected chi connectivity index (χ3v) is 4.82. The Morgan fingerprint density at radius 3 is 2.00 bits per heavy atom. The molecule has 1 heterocycles. The maximum absolute atomic E-state index is 12.4. The Morgan fingerprint density at radius 1 is 1.08 bits per heavy atom. The number of nitrogens with zero attached hydrogens (tertiary/aromatic N) is 1. The van der Waals surface area contributed by atoms with Crippen LogP contribution in [0.1, 0.15) is 72.8 Å². The minimum Gasteiger partial charge on any atom is -0.392 e. The molecular formula is C20H37NO2S. The van der Waals surface area contributed by atoms with Crippen LogP contribution in [0.3, 0.4) is 0 Å². The molecule has 1 fully saturated rings. The van der Waals surface area contributed by atoms with E-state index in [1.165, 1.54) is 5.56 Å². The number of aliphatic hydroxyl groups excluding tert-OH is 1. The van der Waals surface area contributed by atoms with Crippen molar-refractivity contribution >= 4 is 11.0 Å². The first-order valence-corrected chi connectivity index (χ1v) is 10.4. The molecule has 0 radical (unpaired) electrons. The molecule has 0 saturated carbocycles. The molecule has 4 heteroatoms. The SMILES string of the molecule is CC.CC(C)C.CC(C)c1ccc(S(=O)N2CCCC(O)C2)cc1. The highest BCUT2D eigenvalue weighted by molar-refractivity contribution is 7.82. The summed E-state index contributed by atoms with van der Waals surface area (Å²) in [6, 6.07) is 7.95. The van der Waals surface area contributed by atoms with Crippen molar-refractivity contribution in [3.63, 3.8) is 0 Å². The standard InChI is InChI=1S/C14H21NO2S.C4H10.C2H6/c1-11(2)12-5-7-14(8-6-12)18(17)15-9-3-4-13(16)10-15;1-4(2)3;1-2/h5-8,11,13,16H,3-4,9-10H2,1-2H3;4H,1-3H3;1-2H3. The largest absolute Gasteiger partial charge is 0.392 e. The number of benzene rings is 1. The Kier molecular flexibility index (Phi) is 12.3. The van der Waals surface area contributed by atoms with Gasteiger partial charge in [-0.3, -0.25) is 0 Å². The van der Waals surface area contributed by atoms with Gasteiger partial charge in [-0.25, -0.2) is 8.51 Å². The van der Waals surface area contributed by atoms with Gasteiger partial charge in [0, 0.05) is 13.1 Å². The van der Waals surface area contributed by atoms with Crippen LogP contribution < -0.4 is 0 Å². The molecule has 24 heavy (non-hydrogen) atoms. The summed E-state index contributed by atoms with van der Waals surface area (Å²) in [5.41, 5.74) is 1.26. The van der Waals surface area contributed by atoms with Crippen LogP contribution in [0.5, 0.6) is 0 Å². The molecule has 3 nitrogen and oxygen atoms in total. The van der Waals surface area contributed by atoms with Crippen molar-refractivity contribution in [3.8, 4) is 0 Å². The zero-order valence-corrected chi connectivity index (χ0v) is 17.4. The fraction of sp³-hybridized carbons (Fsp3) is 0.700. The first-order chi connectivity index (χ1) is 11.3. The van der Waals surface area contributed by atoms with E-state index in [1.807, 2.05) is 42.4 Å². The molecule has 1 N–H and O–H groups in total. The molecule has 0 aliphatic carbocycles. The Hall–Kier alpha value is -0.710. The number of rotatable bonds is 3. The molecule has 140 valence electrons. The van der Waals surface area contributed by atoms with Gasteiger partial charge in [-0.15, -0.1) is 0 Å². The molecule has 1 aromatic rings. The third-order valence-electron chi connectivity index (χ3n) is 3.34. The van der Waals surface area contributed by atoms with Gasteiger partial charge in [-0.05, 0) is 42.4 Å². The first kappa shape index (κ1) is 23.3. The van der Waals surface area contributed by atoms with Crippen LogP contribution in [-0.2, 0) is 11.0 Å². The van der Waals surface area contributed by atoms with Crippen LogP contribution in [0, 0.1) is 5.92 Å². The van der Waals surface area contributed by atoms with Gasteiger partial charge in [0.05, 0.1) is 11.0 Å². The van der Waals surface area contributed by atoms with E-state index in [-0.39, 0.29) is 6.10 Å². The van der Waals surface area contributed by atoms with E-state index >= 15 is 0 Å². The Balaban J connectivity index is 0.000000773. The smallest absolute Gasteiger partial charge is 0.127 e. The highest BCUT2D eigenvalue weighted by Gasteiger charge is 2.23.